The number of rotatable bonds is 2. The van der Waals surface area contributed by atoms with Crippen molar-refractivity contribution in [2.75, 3.05) is 0 Å². The van der Waals surface area contributed by atoms with Crippen LogP contribution in [0.25, 0.3) is 44.0 Å². The third kappa shape index (κ3) is 3.21. The molecule has 29 heavy (non-hydrogen) atoms. The SMILES string of the molecule is O=[N+]([O-])c1cc(-c2nc3c4cc(I)ccc4c4ccc(I)cc4c3[nH]2)ccc1Br. The van der Waals surface area contributed by atoms with E-state index in [-0.39, 0.29) is 5.69 Å². The number of hydrogen-bond acceptors (Lipinski definition) is 3. The Balaban J connectivity index is 1.89. The summed E-state index contributed by atoms with van der Waals surface area (Å²) in [6.45, 7) is 0. The van der Waals surface area contributed by atoms with Gasteiger partial charge in [-0.1, -0.05) is 12.1 Å². The molecular formula is C21H10BrI2N3O2. The monoisotopic (exact) mass is 669 g/mol. The van der Waals surface area contributed by atoms with Gasteiger partial charge in [-0.05, 0) is 108 Å². The third-order valence-corrected chi connectivity index (χ3v) is 6.91. The molecule has 0 bridgehead atoms. The highest BCUT2D eigenvalue weighted by molar-refractivity contribution is 14.1. The second-order valence-electron chi connectivity index (χ2n) is 6.61. The van der Waals surface area contributed by atoms with E-state index in [2.05, 4.69) is 102 Å². The smallest absolute Gasteiger partial charge is 0.284 e. The van der Waals surface area contributed by atoms with Crippen LogP contribution in [0.1, 0.15) is 0 Å². The lowest BCUT2D eigenvalue weighted by molar-refractivity contribution is -0.385. The summed E-state index contributed by atoms with van der Waals surface area (Å²) in [7, 11) is 0. The summed E-state index contributed by atoms with van der Waals surface area (Å²) < 4.78 is 2.71. The Hall–Kier alpha value is -1.79. The zero-order valence-corrected chi connectivity index (χ0v) is 20.4. The molecule has 0 aliphatic carbocycles. The average Bonchev–Trinajstić information content (AvgIpc) is 3.14. The van der Waals surface area contributed by atoms with Crippen LogP contribution in [-0.4, -0.2) is 14.9 Å². The van der Waals surface area contributed by atoms with Crippen LogP contribution in [0.3, 0.4) is 0 Å². The number of hydrogen-bond donors (Lipinski definition) is 1. The first-order valence-corrected chi connectivity index (χ1v) is 11.5. The van der Waals surface area contributed by atoms with Crippen molar-refractivity contribution in [1.29, 1.82) is 0 Å². The number of nitrogens with zero attached hydrogens (tertiary/aromatic N) is 2. The van der Waals surface area contributed by atoms with Crippen LogP contribution in [0.15, 0.2) is 59.1 Å². The maximum absolute atomic E-state index is 11.3. The molecule has 0 fully saturated rings. The quantitative estimate of drug-likeness (QED) is 0.0921. The molecule has 1 aromatic heterocycles. The minimum absolute atomic E-state index is 0.0155. The van der Waals surface area contributed by atoms with Gasteiger partial charge in [0.15, 0.2) is 0 Å². The second kappa shape index (κ2) is 7.17. The zero-order chi connectivity index (χ0) is 20.3. The fraction of sp³-hybridized carbons (Fsp3) is 0. The lowest BCUT2D eigenvalue weighted by atomic mass is 10.0. The maximum atomic E-state index is 11.3. The van der Waals surface area contributed by atoms with E-state index in [1.165, 1.54) is 0 Å². The highest BCUT2D eigenvalue weighted by Crippen LogP contribution is 2.37. The lowest BCUT2D eigenvalue weighted by Gasteiger charge is -2.07. The number of nitro groups is 1. The van der Waals surface area contributed by atoms with E-state index in [1.54, 1.807) is 12.1 Å². The van der Waals surface area contributed by atoms with Gasteiger partial charge in [-0.2, -0.15) is 0 Å². The summed E-state index contributed by atoms with van der Waals surface area (Å²) in [6, 6.07) is 17.8. The molecular weight excluding hydrogens is 660 g/mol. The molecule has 0 spiro atoms. The lowest BCUT2D eigenvalue weighted by Crippen LogP contribution is -1.90. The van der Waals surface area contributed by atoms with Crippen LogP contribution in [0.5, 0.6) is 0 Å². The van der Waals surface area contributed by atoms with Gasteiger partial charge in [0.05, 0.1) is 20.4 Å². The first kappa shape index (κ1) is 19.2. The number of H-pyrrole nitrogens is 1. The van der Waals surface area contributed by atoms with E-state index in [1.807, 2.05) is 6.07 Å². The summed E-state index contributed by atoms with van der Waals surface area (Å²) >= 11 is 7.86. The summed E-state index contributed by atoms with van der Waals surface area (Å²) in [5, 5.41) is 15.8. The fourth-order valence-corrected chi connectivity index (χ4v) is 4.98. The number of benzene rings is 4. The Morgan fingerprint density at radius 2 is 1.55 bits per heavy atom. The van der Waals surface area contributed by atoms with E-state index < -0.39 is 4.92 Å². The average molecular weight is 670 g/mol. The number of imidazole rings is 1. The van der Waals surface area contributed by atoms with Crippen molar-refractivity contribution in [2.24, 2.45) is 0 Å². The predicted molar refractivity (Wildman–Crippen MR) is 136 cm³/mol. The predicted octanol–water partition coefficient (Wildman–Crippen LogP) is 7.42. The molecule has 0 amide bonds. The number of fused-ring (bicyclic) bond motifs is 6. The minimum atomic E-state index is -0.397. The molecule has 142 valence electrons. The highest BCUT2D eigenvalue weighted by atomic mass is 127. The molecule has 1 heterocycles. The molecule has 1 N–H and O–H groups in total. The van der Waals surface area contributed by atoms with Gasteiger partial charge in [-0.25, -0.2) is 4.98 Å². The van der Waals surface area contributed by atoms with Crippen LogP contribution in [0.4, 0.5) is 5.69 Å². The van der Waals surface area contributed by atoms with Crippen molar-refractivity contribution >= 4 is 99.4 Å². The van der Waals surface area contributed by atoms with Crippen LogP contribution in [0.2, 0.25) is 0 Å². The fourth-order valence-electron chi connectivity index (χ4n) is 3.61. The summed E-state index contributed by atoms with van der Waals surface area (Å²) in [5.74, 6) is 0.613. The van der Waals surface area contributed by atoms with Gasteiger partial charge in [0.2, 0.25) is 0 Å². The molecule has 0 atom stereocenters. The Labute approximate surface area is 200 Å². The van der Waals surface area contributed by atoms with E-state index in [0.717, 1.165) is 39.7 Å². The van der Waals surface area contributed by atoms with Crippen molar-refractivity contribution in [2.45, 2.75) is 0 Å². The van der Waals surface area contributed by atoms with Gasteiger partial charge in [0, 0.05) is 29.5 Å². The van der Waals surface area contributed by atoms with E-state index in [4.69, 9.17) is 4.98 Å². The van der Waals surface area contributed by atoms with Gasteiger partial charge in [0.25, 0.3) is 5.69 Å². The molecule has 5 rings (SSSR count). The molecule has 4 aromatic carbocycles. The first-order valence-electron chi connectivity index (χ1n) is 8.57. The normalized spacial score (nSPS) is 11.6. The van der Waals surface area contributed by atoms with Gasteiger partial charge >= 0.3 is 0 Å². The molecule has 0 unspecified atom stereocenters. The molecule has 0 radical (unpaired) electrons. The zero-order valence-electron chi connectivity index (χ0n) is 14.5. The van der Waals surface area contributed by atoms with Crippen molar-refractivity contribution in [3.63, 3.8) is 0 Å². The summed E-state index contributed by atoms with van der Waals surface area (Å²) in [6.07, 6.45) is 0. The number of halogens is 3. The highest BCUT2D eigenvalue weighted by Gasteiger charge is 2.18. The van der Waals surface area contributed by atoms with Crippen LogP contribution in [0, 0.1) is 17.3 Å². The van der Waals surface area contributed by atoms with Crippen molar-refractivity contribution in [1.82, 2.24) is 9.97 Å². The molecule has 5 nitrogen and oxygen atoms in total. The van der Waals surface area contributed by atoms with Crippen molar-refractivity contribution < 1.29 is 4.92 Å². The largest absolute Gasteiger partial charge is 0.337 e. The number of nitro benzene ring substituents is 1. The molecule has 0 saturated carbocycles. The molecule has 0 aliphatic heterocycles. The summed E-state index contributed by atoms with van der Waals surface area (Å²) in [4.78, 5) is 19.2. The van der Waals surface area contributed by atoms with Crippen LogP contribution < -0.4 is 0 Å². The Kier molecular flexibility index (Phi) is 4.74. The van der Waals surface area contributed by atoms with Crippen molar-refractivity contribution in [3.05, 3.63) is 76.3 Å². The van der Waals surface area contributed by atoms with E-state index in [9.17, 15) is 10.1 Å². The van der Waals surface area contributed by atoms with Crippen molar-refractivity contribution in [3.8, 4) is 11.4 Å². The summed E-state index contributed by atoms with van der Waals surface area (Å²) in [5.41, 5.74) is 2.50. The van der Waals surface area contributed by atoms with Gasteiger partial charge < -0.3 is 4.98 Å². The molecule has 0 saturated heterocycles. The number of aromatic nitrogens is 2. The van der Waals surface area contributed by atoms with Crippen LogP contribution in [-0.2, 0) is 0 Å². The van der Waals surface area contributed by atoms with Gasteiger partial charge in [-0.15, -0.1) is 0 Å². The van der Waals surface area contributed by atoms with Crippen LogP contribution >= 0.6 is 61.1 Å². The van der Waals surface area contributed by atoms with E-state index >= 15 is 0 Å². The van der Waals surface area contributed by atoms with Gasteiger partial charge in [0.1, 0.15) is 5.82 Å². The molecule has 0 aliphatic rings. The maximum Gasteiger partial charge on any atom is 0.284 e. The molecule has 5 aromatic rings. The Morgan fingerprint density at radius 3 is 2.24 bits per heavy atom. The Morgan fingerprint density at radius 1 is 0.897 bits per heavy atom. The second-order valence-corrected chi connectivity index (χ2v) is 9.96. The first-order chi connectivity index (χ1) is 13.9. The minimum Gasteiger partial charge on any atom is -0.337 e. The number of aromatic amines is 1. The van der Waals surface area contributed by atoms with Gasteiger partial charge in [-0.3, -0.25) is 10.1 Å². The third-order valence-electron chi connectivity index (χ3n) is 4.90. The van der Waals surface area contributed by atoms with E-state index in [0.29, 0.717) is 15.9 Å². The Bertz CT molecular complexity index is 1400. The number of nitrogens with one attached hydrogen (secondary N) is 1. The standard InChI is InChI=1S/C21H10BrI2N3O2/c22-17-6-1-10(7-18(17)27(28)29)21-25-19-15-8-11(23)2-4-13(15)14-5-3-12(24)9-16(14)20(19)26-21/h1-9H,(H,25,26). The molecule has 8 heteroatoms. The topological polar surface area (TPSA) is 71.8 Å².